The summed E-state index contributed by atoms with van der Waals surface area (Å²) in [4.78, 5) is 4.29. The van der Waals surface area contributed by atoms with Crippen LogP contribution in [0.3, 0.4) is 0 Å². The van der Waals surface area contributed by atoms with Crippen molar-refractivity contribution in [2.24, 2.45) is 10.7 Å². The molecule has 0 heterocycles. The fourth-order valence-corrected chi connectivity index (χ4v) is 1.74. The number of benzene rings is 1. The lowest BCUT2D eigenvalue weighted by Gasteiger charge is -2.03. The average Bonchev–Trinajstić information content (AvgIpc) is 3.11. The van der Waals surface area contributed by atoms with Crippen molar-refractivity contribution >= 4 is 17.6 Å². The van der Waals surface area contributed by atoms with Crippen LogP contribution in [0.2, 0.25) is 5.02 Å². The minimum absolute atomic E-state index is 0.579. The molecule has 1 aliphatic carbocycles. The first-order valence-corrected chi connectivity index (χ1v) is 6.43. The van der Waals surface area contributed by atoms with E-state index in [0.29, 0.717) is 12.0 Å². The SMILES string of the molecule is NC(=NCCCc1ccc(Cl)cc1)NC1CC1. The van der Waals surface area contributed by atoms with Gasteiger partial charge in [0.1, 0.15) is 0 Å². The first-order valence-electron chi connectivity index (χ1n) is 6.05. The molecule has 1 fully saturated rings. The maximum Gasteiger partial charge on any atom is 0.188 e. The van der Waals surface area contributed by atoms with Crippen molar-refractivity contribution in [2.45, 2.75) is 31.7 Å². The minimum atomic E-state index is 0.579. The molecule has 1 aromatic rings. The van der Waals surface area contributed by atoms with Crippen LogP contribution in [0, 0.1) is 0 Å². The van der Waals surface area contributed by atoms with Gasteiger partial charge in [0, 0.05) is 17.6 Å². The minimum Gasteiger partial charge on any atom is -0.370 e. The van der Waals surface area contributed by atoms with Crippen LogP contribution in [0.1, 0.15) is 24.8 Å². The number of nitrogens with two attached hydrogens (primary N) is 1. The Morgan fingerprint density at radius 3 is 2.71 bits per heavy atom. The molecular formula is C13H18ClN3. The largest absolute Gasteiger partial charge is 0.370 e. The van der Waals surface area contributed by atoms with Gasteiger partial charge in [-0.25, -0.2) is 0 Å². The molecule has 3 N–H and O–H groups in total. The predicted octanol–water partition coefficient (Wildman–Crippen LogP) is 2.34. The summed E-state index contributed by atoms with van der Waals surface area (Å²) < 4.78 is 0. The van der Waals surface area contributed by atoms with Crippen LogP contribution in [-0.4, -0.2) is 18.5 Å². The van der Waals surface area contributed by atoms with Gasteiger partial charge >= 0.3 is 0 Å². The van der Waals surface area contributed by atoms with E-state index in [0.717, 1.165) is 24.4 Å². The van der Waals surface area contributed by atoms with Crippen LogP contribution in [0.15, 0.2) is 29.3 Å². The molecule has 1 aromatic carbocycles. The second kappa shape index (κ2) is 5.92. The van der Waals surface area contributed by atoms with E-state index in [9.17, 15) is 0 Å². The zero-order chi connectivity index (χ0) is 12.1. The van der Waals surface area contributed by atoms with Crippen molar-refractivity contribution in [3.8, 4) is 0 Å². The zero-order valence-corrected chi connectivity index (χ0v) is 10.6. The average molecular weight is 252 g/mol. The maximum absolute atomic E-state index is 5.82. The van der Waals surface area contributed by atoms with Gasteiger partial charge in [0.15, 0.2) is 5.96 Å². The first-order chi connectivity index (χ1) is 8.24. The van der Waals surface area contributed by atoms with Gasteiger partial charge in [0.25, 0.3) is 0 Å². The molecule has 17 heavy (non-hydrogen) atoms. The van der Waals surface area contributed by atoms with Gasteiger partial charge in [-0.1, -0.05) is 23.7 Å². The van der Waals surface area contributed by atoms with E-state index in [-0.39, 0.29) is 0 Å². The maximum atomic E-state index is 5.82. The molecular weight excluding hydrogens is 234 g/mol. The van der Waals surface area contributed by atoms with E-state index < -0.39 is 0 Å². The van der Waals surface area contributed by atoms with Crippen LogP contribution < -0.4 is 11.1 Å². The molecule has 0 amide bonds. The summed E-state index contributed by atoms with van der Waals surface area (Å²) in [6.45, 7) is 0.772. The number of aliphatic imine (C=N–C) groups is 1. The third kappa shape index (κ3) is 4.65. The predicted molar refractivity (Wildman–Crippen MR) is 72.4 cm³/mol. The van der Waals surface area contributed by atoms with Gasteiger partial charge in [0.2, 0.25) is 0 Å². The quantitative estimate of drug-likeness (QED) is 0.480. The van der Waals surface area contributed by atoms with E-state index in [2.05, 4.69) is 22.4 Å². The van der Waals surface area contributed by atoms with Crippen molar-refractivity contribution in [1.82, 2.24) is 5.32 Å². The van der Waals surface area contributed by atoms with Crippen molar-refractivity contribution in [3.63, 3.8) is 0 Å². The molecule has 0 bridgehead atoms. The Kier molecular flexibility index (Phi) is 4.26. The fourth-order valence-electron chi connectivity index (χ4n) is 1.62. The van der Waals surface area contributed by atoms with E-state index in [4.69, 9.17) is 17.3 Å². The topological polar surface area (TPSA) is 50.4 Å². The van der Waals surface area contributed by atoms with Crippen LogP contribution in [0.4, 0.5) is 0 Å². The summed E-state index contributed by atoms with van der Waals surface area (Å²) >= 11 is 5.82. The molecule has 0 aliphatic heterocycles. The third-order valence-corrected chi connectivity index (χ3v) is 3.00. The number of halogens is 1. The summed E-state index contributed by atoms with van der Waals surface area (Å²) in [5.41, 5.74) is 7.03. The monoisotopic (exact) mass is 251 g/mol. The van der Waals surface area contributed by atoms with Crippen molar-refractivity contribution < 1.29 is 0 Å². The lowest BCUT2D eigenvalue weighted by atomic mass is 10.1. The summed E-state index contributed by atoms with van der Waals surface area (Å²) in [5, 5.41) is 3.95. The normalized spacial score (nSPS) is 15.9. The van der Waals surface area contributed by atoms with Crippen molar-refractivity contribution in [3.05, 3.63) is 34.9 Å². The Hall–Kier alpha value is -1.22. The van der Waals surface area contributed by atoms with Gasteiger partial charge in [-0.3, -0.25) is 4.99 Å². The Balaban J connectivity index is 1.66. The van der Waals surface area contributed by atoms with Crippen LogP contribution in [-0.2, 0) is 6.42 Å². The Morgan fingerprint density at radius 2 is 2.06 bits per heavy atom. The third-order valence-electron chi connectivity index (χ3n) is 2.75. The second-order valence-corrected chi connectivity index (χ2v) is 4.85. The van der Waals surface area contributed by atoms with Crippen molar-refractivity contribution in [1.29, 1.82) is 0 Å². The van der Waals surface area contributed by atoms with Crippen LogP contribution >= 0.6 is 11.6 Å². The Labute approximate surface area is 107 Å². The van der Waals surface area contributed by atoms with Gasteiger partial charge in [-0.2, -0.15) is 0 Å². The van der Waals surface area contributed by atoms with Crippen LogP contribution in [0.5, 0.6) is 0 Å². The molecule has 0 saturated heterocycles. The summed E-state index contributed by atoms with van der Waals surface area (Å²) in [6.07, 6.45) is 4.47. The number of aryl methyl sites for hydroxylation is 1. The van der Waals surface area contributed by atoms with E-state index >= 15 is 0 Å². The fraction of sp³-hybridized carbons (Fsp3) is 0.462. The van der Waals surface area contributed by atoms with Gasteiger partial charge in [-0.15, -0.1) is 0 Å². The lowest BCUT2D eigenvalue weighted by molar-refractivity contribution is 0.813. The number of nitrogens with zero attached hydrogens (tertiary/aromatic N) is 1. The highest BCUT2D eigenvalue weighted by molar-refractivity contribution is 6.30. The second-order valence-electron chi connectivity index (χ2n) is 4.42. The highest BCUT2D eigenvalue weighted by Crippen LogP contribution is 2.18. The molecule has 1 aliphatic rings. The molecule has 3 nitrogen and oxygen atoms in total. The molecule has 0 atom stereocenters. The smallest absolute Gasteiger partial charge is 0.188 e. The number of hydrogen-bond donors (Lipinski definition) is 2. The van der Waals surface area contributed by atoms with Crippen molar-refractivity contribution in [2.75, 3.05) is 6.54 Å². The number of hydrogen-bond acceptors (Lipinski definition) is 1. The molecule has 0 radical (unpaired) electrons. The standard InChI is InChI=1S/C13H18ClN3/c14-11-5-3-10(4-6-11)2-1-9-16-13(15)17-12-7-8-12/h3-6,12H,1-2,7-9H2,(H3,15,16,17). The first kappa shape index (κ1) is 12.2. The summed E-state index contributed by atoms with van der Waals surface area (Å²) in [5.74, 6) is 0.587. The van der Waals surface area contributed by atoms with Gasteiger partial charge < -0.3 is 11.1 Å². The van der Waals surface area contributed by atoms with E-state index in [1.165, 1.54) is 18.4 Å². The summed E-state index contributed by atoms with van der Waals surface area (Å²) in [7, 11) is 0. The molecule has 1 saturated carbocycles. The van der Waals surface area contributed by atoms with Gasteiger partial charge in [-0.05, 0) is 43.4 Å². The molecule has 0 aromatic heterocycles. The number of rotatable bonds is 5. The number of nitrogens with one attached hydrogen (secondary N) is 1. The van der Waals surface area contributed by atoms with Crippen LogP contribution in [0.25, 0.3) is 0 Å². The highest BCUT2D eigenvalue weighted by atomic mass is 35.5. The molecule has 0 unspecified atom stereocenters. The van der Waals surface area contributed by atoms with E-state index in [1.54, 1.807) is 0 Å². The zero-order valence-electron chi connectivity index (χ0n) is 9.82. The molecule has 4 heteroatoms. The lowest BCUT2D eigenvalue weighted by Crippen LogP contribution is -2.33. The molecule has 0 spiro atoms. The van der Waals surface area contributed by atoms with E-state index in [1.807, 2.05) is 12.1 Å². The Bertz CT molecular complexity index is 382. The molecule has 92 valence electrons. The van der Waals surface area contributed by atoms with Gasteiger partial charge in [0.05, 0.1) is 0 Å². The summed E-state index contributed by atoms with van der Waals surface area (Å²) in [6, 6.07) is 8.53. The Morgan fingerprint density at radius 1 is 1.35 bits per heavy atom. The molecule has 2 rings (SSSR count). The number of guanidine groups is 1. The highest BCUT2D eigenvalue weighted by Gasteiger charge is 2.21.